The van der Waals surface area contributed by atoms with Crippen molar-refractivity contribution >= 4 is 45.1 Å². The molecule has 94 valence electrons. The van der Waals surface area contributed by atoms with Gasteiger partial charge in [-0.25, -0.2) is 0 Å². The first-order chi connectivity index (χ1) is 8.58. The molecule has 18 heavy (non-hydrogen) atoms. The number of nitrogens with one attached hydrogen (secondary N) is 1. The Morgan fingerprint density at radius 1 is 1.33 bits per heavy atom. The van der Waals surface area contributed by atoms with Crippen LogP contribution in [0.3, 0.4) is 0 Å². The number of benzene rings is 1. The third kappa shape index (κ3) is 2.99. The lowest BCUT2D eigenvalue weighted by Crippen LogP contribution is -2.05. The van der Waals surface area contributed by atoms with E-state index < -0.39 is 0 Å². The summed E-state index contributed by atoms with van der Waals surface area (Å²) in [6, 6.07) is 5.53. The summed E-state index contributed by atoms with van der Waals surface area (Å²) in [6.45, 7) is 0. The minimum Gasteiger partial charge on any atom is -0.467 e. The van der Waals surface area contributed by atoms with Gasteiger partial charge in [-0.1, -0.05) is 27.5 Å². The minimum absolute atomic E-state index is 0.0672. The molecule has 8 heteroatoms. The molecule has 0 aliphatic carbocycles. The number of hydrogen-bond donors (Lipinski definition) is 2. The number of nitrogen functional groups attached to an aromatic ring is 1. The first kappa shape index (κ1) is 12.8. The number of aromatic nitrogens is 3. The maximum atomic E-state index is 6.07. The van der Waals surface area contributed by atoms with E-state index in [9.17, 15) is 0 Å². The van der Waals surface area contributed by atoms with Gasteiger partial charge in [0.2, 0.25) is 11.9 Å². The molecule has 0 aliphatic rings. The molecule has 0 saturated carbocycles. The molecular formula is C10H9BrClN5O. The zero-order chi connectivity index (χ0) is 13.1. The lowest BCUT2D eigenvalue weighted by molar-refractivity contribution is 0.380. The first-order valence-electron chi connectivity index (χ1n) is 4.86. The number of nitrogens with zero attached hydrogens (tertiary/aromatic N) is 3. The van der Waals surface area contributed by atoms with Gasteiger partial charge in [0.25, 0.3) is 0 Å². The van der Waals surface area contributed by atoms with Gasteiger partial charge in [-0.3, -0.25) is 0 Å². The molecule has 2 rings (SSSR count). The fraction of sp³-hybridized carbons (Fsp3) is 0.100. The van der Waals surface area contributed by atoms with E-state index in [1.54, 1.807) is 12.1 Å². The van der Waals surface area contributed by atoms with Crippen LogP contribution in [0.5, 0.6) is 6.01 Å². The third-order valence-corrected chi connectivity index (χ3v) is 2.80. The fourth-order valence-corrected chi connectivity index (χ4v) is 1.95. The Morgan fingerprint density at radius 3 is 2.78 bits per heavy atom. The number of nitrogens with two attached hydrogens (primary N) is 1. The second-order valence-electron chi connectivity index (χ2n) is 3.25. The Bertz CT molecular complexity index is 580. The summed E-state index contributed by atoms with van der Waals surface area (Å²) in [4.78, 5) is 11.7. The first-order valence-corrected chi connectivity index (χ1v) is 6.03. The van der Waals surface area contributed by atoms with Crippen LogP contribution in [-0.2, 0) is 0 Å². The van der Waals surface area contributed by atoms with Crippen molar-refractivity contribution in [1.82, 2.24) is 15.0 Å². The maximum Gasteiger partial charge on any atom is 0.322 e. The zero-order valence-corrected chi connectivity index (χ0v) is 11.7. The highest BCUT2D eigenvalue weighted by Crippen LogP contribution is 2.27. The highest BCUT2D eigenvalue weighted by atomic mass is 79.9. The van der Waals surface area contributed by atoms with Crippen molar-refractivity contribution in [3.8, 4) is 6.01 Å². The monoisotopic (exact) mass is 329 g/mol. The molecule has 2 aromatic rings. The van der Waals surface area contributed by atoms with Gasteiger partial charge in [0.1, 0.15) is 0 Å². The Labute approximate surface area is 117 Å². The lowest BCUT2D eigenvalue weighted by Gasteiger charge is -2.08. The average Bonchev–Trinajstić information content (AvgIpc) is 2.32. The molecule has 1 aromatic heterocycles. The van der Waals surface area contributed by atoms with E-state index >= 15 is 0 Å². The van der Waals surface area contributed by atoms with Crippen LogP contribution in [0.2, 0.25) is 5.02 Å². The van der Waals surface area contributed by atoms with E-state index in [2.05, 4.69) is 36.2 Å². The highest BCUT2D eigenvalue weighted by molar-refractivity contribution is 9.10. The van der Waals surface area contributed by atoms with E-state index in [0.29, 0.717) is 10.7 Å². The smallest absolute Gasteiger partial charge is 0.322 e. The molecule has 3 N–H and O–H groups in total. The van der Waals surface area contributed by atoms with E-state index in [1.807, 2.05) is 6.07 Å². The lowest BCUT2D eigenvalue weighted by atomic mass is 10.3. The van der Waals surface area contributed by atoms with E-state index in [4.69, 9.17) is 22.1 Å². The van der Waals surface area contributed by atoms with Crippen LogP contribution in [0.25, 0.3) is 0 Å². The van der Waals surface area contributed by atoms with Gasteiger partial charge < -0.3 is 15.8 Å². The van der Waals surface area contributed by atoms with E-state index in [0.717, 1.165) is 4.47 Å². The van der Waals surface area contributed by atoms with Crippen LogP contribution in [0, 0.1) is 0 Å². The molecule has 0 bridgehead atoms. The van der Waals surface area contributed by atoms with Crippen molar-refractivity contribution in [3.63, 3.8) is 0 Å². The molecular weight excluding hydrogens is 322 g/mol. The quantitative estimate of drug-likeness (QED) is 0.899. The van der Waals surface area contributed by atoms with Crippen molar-refractivity contribution in [2.24, 2.45) is 0 Å². The largest absolute Gasteiger partial charge is 0.467 e. The number of hydrogen-bond acceptors (Lipinski definition) is 6. The predicted octanol–water partition coefficient (Wildman–Crippen LogP) is 2.62. The highest BCUT2D eigenvalue weighted by Gasteiger charge is 2.07. The minimum atomic E-state index is 0.0672. The summed E-state index contributed by atoms with van der Waals surface area (Å²) in [6.07, 6.45) is 0. The predicted molar refractivity (Wildman–Crippen MR) is 73.2 cm³/mol. The molecule has 0 unspecified atom stereocenters. The Morgan fingerprint density at radius 2 is 2.11 bits per heavy atom. The van der Waals surface area contributed by atoms with Crippen LogP contribution in [0.4, 0.5) is 17.6 Å². The number of rotatable bonds is 3. The normalized spacial score (nSPS) is 10.2. The summed E-state index contributed by atoms with van der Waals surface area (Å²) in [5.74, 6) is 0.334. The zero-order valence-electron chi connectivity index (χ0n) is 9.32. The van der Waals surface area contributed by atoms with Crippen LogP contribution < -0.4 is 15.8 Å². The van der Waals surface area contributed by atoms with Gasteiger partial charge in [0, 0.05) is 4.47 Å². The van der Waals surface area contributed by atoms with Crippen LogP contribution in [0.1, 0.15) is 0 Å². The fourth-order valence-electron chi connectivity index (χ4n) is 1.23. The number of anilines is 3. The summed E-state index contributed by atoms with van der Waals surface area (Å²) in [5, 5.41) is 3.47. The van der Waals surface area contributed by atoms with E-state index in [-0.39, 0.29) is 17.9 Å². The van der Waals surface area contributed by atoms with Gasteiger partial charge in [0.05, 0.1) is 17.8 Å². The number of methoxy groups -OCH3 is 1. The second kappa shape index (κ2) is 5.36. The van der Waals surface area contributed by atoms with Crippen molar-refractivity contribution in [3.05, 3.63) is 27.7 Å². The SMILES string of the molecule is COc1nc(N)nc(Nc2ccc(Br)cc2Cl)n1. The molecule has 0 spiro atoms. The molecule has 0 atom stereocenters. The summed E-state index contributed by atoms with van der Waals surface area (Å²) in [7, 11) is 1.45. The molecule has 1 heterocycles. The van der Waals surface area contributed by atoms with Gasteiger partial charge in [-0.2, -0.15) is 15.0 Å². The average molecular weight is 331 g/mol. The summed E-state index contributed by atoms with van der Waals surface area (Å²) in [5.41, 5.74) is 6.19. The van der Waals surface area contributed by atoms with Crippen LogP contribution in [0.15, 0.2) is 22.7 Å². The van der Waals surface area contributed by atoms with Gasteiger partial charge in [-0.15, -0.1) is 0 Å². The molecule has 0 radical (unpaired) electrons. The maximum absolute atomic E-state index is 6.07. The standard InChI is InChI=1S/C10H9BrClN5O/c1-18-10-16-8(13)15-9(17-10)14-7-3-2-5(11)4-6(7)12/h2-4H,1H3,(H3,13,14,15,16,17). The molecule has 0 saturated heterocycles. The molecule has 1 aromatic carbocycles. The van der Waals surface area contributed by atoms with Gasteiger partial charge in [0.15, 0.2) is 0 Å². The Balaban J connectivity index is 2.30. The third-order valence-electron chi connectivity index (χ3n) is 1.99. The van der Waals surface area contributed by atoms with Gasteiger partial charge in [-0.05, 0) is 18.2 Å². The Kier molecular flexibility index (Phi) is 3.83. The number of halogens is 2. The Hall–Kier alpha value is -1.60. The van der Waals surface area contributed by atoms with Crippen molar-refractivity contribution in [2.45, 2.75) is 0 Å². The summed E-state index contributed by atoms with van der Waals surface area (Å²) >= 11 is 9.39. The molecule has 0 aliphatic heterocycles. The van der Waals surface area contributed by atoms with Crippen LogP contribution >= 0.6 is 27.5 Å². The number of ether oxygens (including phenoxy) is 1. The topological polar surface area (TPSA) is 86.0 Å². The summed E-state index contributed by atoms with van der Waals surface area (Å²) < 4.78 is 5.78. The van der Waals surface area contributed by atoms with Crippen molar-refractivity contribution in [1.29, 1.82) is 0 Å². The second-order valence-corrected chi connectivity index (χ2v) is 4.58. The van der Waals surface area contributed by atoms with Gasteiger partial charge >= 0.3 is 6.01 Å². The molecule has 6 nitrogen and oxygen atoms in total. The molecule has 0 fully saturated rings. The molecule has 0 amide bonds. The van der Waals surface area contributed by atoms with Crippen molar-refractivity contribution in [2.75, 3.05) is 18.2 Å². The van der Waals surface area contributed by atoms with Crippen LogP contribution in [-0.4, -0.2) is 22.1 Å². The van der Waals surface area contributed by atoms with Crippen molar-refractivity contribution < 1.29 is 4.74 Å². The van der Waals surface area contributed by atoms with E-state index in [1.165, 1.54) is 7.11 Å².